The summed E-state index contributed by atoms with van der Waals surface area (Å²) in [4.78, 5) is 0. The van der Waals surface area contributed by atoms with E-state index in [4.69, 9.17) is 14.2 Å². The number of hydrogen-bond acceptors (Lipinski definition) is 5. The van der Waals surface area contributed by atoms with Crippen LogP contribution in [0.2, 0.25) is 0 Å². The van der Waals surface area contributed by atoms with E-state index in [1.807, 2.05) is 24.5 Å². The third-order valence-corrected chi connectivity index (χ3v) is 3.52. The predicted molar refractivity (Wildman–Crippen MR) is 77.8 cm³/mol. The maximum Gasteiger partial charge on any atom is 0.203 e. The number of nitrogens with one attached hydrogen (secondary N) is 2. The van der Waals surface area contributed by atoms with Gasteiger partial charge < -0.3 is 19.5 Å². The minimum atomic E-state index is 0.211. The molecule has 0 amide bonds. The lowest BCUT2D eigenvalue weighted by atomic mass is 10.1. The first-order valence-electron chi connectivity index (χ1n) is 6.96. The Morgan fingerprint density at radius 1 is 1.38 bits per heavy atom. The van der Waals surface area contributed by atoms with Gasteiger partial charge in [-0.15, -0.1) is 0 Å². The van der Waals surface area contributed by atoms with Gasteiger partial charge in [-0.25, -0.2) is 0 Å². The zero-order valence-corrected chi connectivity index (χ0v) is 12.2. The lowest BCUT2D eigenvalue weighted by molar-refractivity contribution is 0.165. The molecular formula is C15H19N3O3. The summed E-state index contributed by atoms with van der Waals surface area (Å²) in [6.45, 7) is 3.93. The van der Waals surface area contributed by atoms with Crippen molar-refractivity contribution in [3.05, 3.63) is 35.7 Å². The Hall–Kier alpha value is -2.21. The van der Waals surface area contributed by atoms with Crippen LogP contribution in [0.25, 0.3) is 0 Å². The van der Waals surface area contributed by atoms with Crippen molar-refractivity contribution in [2.45, 2.75) is 19.5 Å². The first-order chi connectivity index (χ1) is 10.3. The molecule has 1 aromatic heterocycles. The van der Waals surface area contributed by atoms with Crippen molar-refractivity contribution < 1.29 is 14.2 Å². The van der Waals surface area contributed by atoms with Crippen LogP contribution in [0, 0.1) is 0 Å². The fraction of sp³-hybridized carbons (Fsp3) is 0.400. The van der Waals surface area contributed by atoms with Crippen LogP contribution in [-0.4, -0.2) is 30.5 Å². The summed E-state index contributed by atoms with van der Waals surface area (Å²) < 4.78 is 16.6. The van der Waals surface area contributed by atoms with Crippen LogP contribution in [0.15, 0.2) is 24.5 Å². The molecular weight excluding hydrogens is 270 g/mol. The van der Waals surface area contributed by atoms with Crippen LogP contribution in [0.1, 0.15) is 24.1 Å². The summed E-state index contributed by atoms with van der Waals surface area (Å²) in [5.41, 5.74) is 2.21. The van der Waals surface area contributed by atoms with Crippen LogP contribution < -0.4 is 19.5 Å². The van der Waals surface area contributed by atoms with E-state index in [0.29, 0.717) is 31.3 Å². The molecule has 0 aliphatic carbocycles. The normalized spacial score (nSPS) is 14.8. The van der Waals surface area contributed by atoms with E-state index >= 15 is 0 Å². The maximum absolute atomic E-state index is 5.64. The molecule has 0 bridgehead atoms. The van der Waals surface area contributed by atoms with Crippen molar-refractivity contribution in [1.29, 1.82) is 0 Å². The molecule has 0 radical (unpaired) electrons. The third-order valence-electron chi connectivity index (χ3n) is 3.52. The van der Waals surface area contributed by atoms with Gasteiger partial charge in [0.1, 0.15) is 13.2 Å². The van der Waals surface area contributed by atoms with Gasteiger partial charge in [-0.3, -0.25) is 5.10 Å². The smallest absolute Gasteiger partial charge is 0.203 e. The van der Waals surface area contributed by atoms with Crippen LogP contribution in [0.4, 0.5) is 0 Å². The summed E-state index contributed by atoms with van der Waals surface area (Å²) in [7, 11) is 1.64. The van der Waals surface area contributed by atoms with Crippen LogP contribution in [-0.2, 0) is 6.54 Å². The third kappa shape index (κ3) is 2.95. The van der Waals surface area contributed by atoms with E-state index in [0.717, 1.165) is 16.9 Å². The number of ether oxygens (including phenoxy) is 3. The quantitative estimate of drug-likeness (QED) is 0.881. The summed E-state index contributed by atoms with van der Waals surface area (Å²) in [6.07, 6.45) is 3.71. The van der Waals surface area contributed by atoms with Gasteiger partial charge in [-0.1, -0.05) is 0 Å². The lowest BCUT2D eigenvalue weighted by Gasteiger charge is -2.22. The number of nitrogens with zero attached hydrogens (tertiary/aromatic N) is 1. The first kappa shape index (κ1) is 13.8. The molecule has 0 fully saturated rings. The summed E-state index contributed by atoms with van der Waals surface area (Å²) in [5, 5.41) is 10.2. The highest BCUT2D eigenvalue weighted by Crippen LogP contribution is 2.40. The molecule has 1 aromatic carbocycles. The van der Waals surface area contributed by atoms with E-state index in [9.17, 15) is 0 Å². The van der Waals surface area contributed by atoms with E-state index in [2.05, 4.69) is 22.4 Å². The highest BCUT2D eigenvalue weighted by Gasteiger charge is 2.18. The monoisotopic (exact) mass is 289 g/mol. The molecule has 2 N–H and O–H groups in total. The number of aromatic nitrogens is 2. The molecule has 1 aliphatic heterocycles. The van der Waals surface area contributed by atoms with Gasteiger partial charge in [-0.2, -0.15) is 5.10 Å². The van der Waals surface area contributed by atoms with Crippen LogP contribution >= 0.6 is 0 Å². The summed E-state index contributed by atoms with van der Waals surface area (Å²) in [5.74, 6) is 2.14. The summed E-state index contributed by atoms with van der Waals surface area (Å²) >= 11 is 0. The maximum atomic E-state index is 5.64. The average Bonchev–Trinajstić information content (AvgIpc) is 3.06. The topological polar surface area (TPSA) is 68.4 Å². The molecule has 112 valence electrons. The Balaban J connectivity index is 1.73. The molecule has 1 atom stereocenters. The second kappa shape index (κ2) is 6.05. The van der Waals surface area contributed by atoms with Crippen molar-refractivity contribution in [3.8, 4) is 17.2 Å². The van der Waals surface area contributed by atoms with Crippen LogP contribution in [0.3, 0.4) is 0 Å². The fourth-order valence-electron chi connectivity index (χ4n) is 2.32. The van der Waals surface area contributed by atoms with Gasteiger partial charge in [0.25, 0.3) is 0 Å². The number of rotatable bonds is 5. The number of hydrogen-bond donors (Lipinski definition) is 2. The molecule has 6 heteroatoms. The van der Waals surface area contributed by atoms with E-state index in [1.54, 1.807) is 7.11 Å². The molecule has 0 spiro atoms. The standard InChI is InChI=1S/C15H19N3O3/c1-10(12-8-17-18-9-12)16-7-11-5-13(19-2)15-14(6-11)20-3-4-21-15/h5-6,8-10,16H,3-4,7H2,1-2H3,(H,17,18). The van der Waals surface area contributed by atoms with Gasteiger partial charge in [0.15, 0.2) is 11.5 Å². The van der Waals surface area contributed by atoms with Gasteiger partial charge in [0, 0.05) is 24.3 Å². The summed E-state index contributed by atoms with van der Waals surface area (Å²) in [6, 6.07) is 4.18. The molecule has 0 saturated carbocycles. The Bertz CT molecular complexity index is 581. The Labute approximate surface area is 123 Å². The number of methoxy groups -OCH3 is 1. The molecule has 21 heavy (non-hydrogen) atoms. The molecule has 1 unspecified atom stereocenters. The largest absolute Gasteiger partial charge is 0.493 e. The lowest BCUT2D eigenvalue weighted by Crippen LogP contribution is -2.19. The Kier molecular flexibility index (Phi) is 3.96. The Morgan fingerprint density at radius 2 is 2.24 bits per heavy atom. The van der Waals surface area contributed by atoms with Crippen molar-refractivity contribution in [3.63, 3.8) is 0 Å². The number of fused-ring (bicyclic) bond motifs is 1. The molecule has 2 aromatic rings. The van der Waals surface area contributed by atoms with E-state index in [-0.39, 0.29) is 6.04 Å². The van der Waals surface area contributed by atoms with Crippen molar-refractivity contribution >= 4 is 0 Å². The zero-order chi connectivity index (χ0) is 14.7. The van der Waals surface area contributed by atoms with Gasteiger partial charge in [0.05, 0.1) is 13.3 Å². The molecule has 0 saturated heterocycles. The average molecular weight is 289 g/mol. The highest BCUT2D eigenvalue weighted by molar-refractivity contribution is 5.54. The first-order valence-corrected chi connectivity index (χ1v) is 6.96. The second-order valence-electron chi connectivity index (χ2n) is 4.96. The minimum Gasteiger partial charge on any atom is -0.493 e. The fourth-order valence-corrected chi connectivity index (χ4v) is 2.32. The predicted octanol–water partition coefficient (Wildman–Crippen LogP) is 2.04. The van der Waals surface area contributed by atoms with Gasteiger partial charge in [-0.05, 0) is 24.6 Å². The minimum absolute atomic E-state index is 0.211. The van der Waals surface area contributed by atoms with Gasteiger partial charge >= 0.3 is 0 Å². The molecule has 3 rings (SSSR count). The van der Waals surface area contributed by atoms with Gasteiger partial charge in [0.2, 0.25) is 5.75 Å². The van der Waals surface area contributed by atoms with E-state index in [1.165, 1.54) is 0 Å². The number of aromatic amines is 1. The highest BCUT2D eigenvalue weighted by atomic mass is 16.6. The van der Waals surface area contributed by atoms with Crippen molar-refractivity contribution in [2.24, 2.45) is 0 Å². The van der Waals surface area contributed by atoms with Crippen molar-refractivity contribution in [2.75, 3.05) is 20.3 Å². The number of benzene rings is 1. The second-order valence-corrected chi connectivity index (χ2v) is 4.96. The van der Waals surface area contributed by atoms with E-state index < -0.39 is 0 Å². The SMILES string of the molecule is COc1cc(CNC(C)c2cn[nH]c2)cc2c1OCCO2. The van der Waals surface area contributed by atoms with Crippen LogP contribution in [0.5, 0.6) is 17.2 Å². The Morgan fingerprint density at radius 3 is 3.00 bits per heavy atom. The van der Waals surface area contributed by atoms with Crippen molar-refractivity contribution in [1.82, 2.24) is 15.5 Å². The molecule has 6 nitrogen and oxygen atoms in total. The molecule has 1 aliphatic rings. The zero-order valence-electron chi connectivity index (χ0n) is 12.2. The molecule has 2 heterocycles. The number of H-pyrrole nitrogens is 1.